The van der Waals surface area contributed by atoms with Crippen molar-refractivity contribution in [2.45, 2.75) is 17.2 Å². The second-order valence-corrected chi connectivity index (χ2v) is 8.60. The smallest absolute Gasteiger partial charge is 0.238 e. The fourth-order valence-corrected chi connectivity index (χ4v) is 4.35. The van der Waals surface area contributed by atoms with Gasteiger partial charge in [0.15, 0.2) is 5.84 Å². The zero-order chi connectivity index (χ0) is 22.0. The van der Waals surface area contributed by atoms with E-state index in [1.165, 1.54) is 6.07 Å². The fraction of sp³-hybridized carbons (Fsp3) is 0.211. The minimum atomic E-state index is -4.05. The molecule has 0 aliphatic carbocycles. The number of primary sulfonamides is 1. The molecular formula is C19H22N8O3S. The van der Waals surface area contributed by atoms with Gasteiger partial charge in [-0.2, -0.15) is 4.98 Å². The van der Waals surface area contributed by atoms with Crippen molar-refractivity contribution in [2.24, 2.45) is 21.8 Å². The molecule has 31 heavy (non-hydrogen) atoms. The molecule has 4 rings (SSSR count). The van der Waals surface area contributed by atoms with Crippen LogP contribution in [-0.4, -0.2) is 37.5 Å². The molecule has 1 aliphatic heterocycles. The van der Waals surface area contributed by atoms with E-state index in [9.17, 15) is 8.42 Å². The summed E-state index contributed by atoms with van der Waals surface area (Å²) < 4.78 is 29.6. The molecule has 11 nitrogen and oxygen atoms in total. The Bertz CT molecular complexity index is 1220. The molecule has 0 amide bonds. The third kappa shape index (κ3) is 4.27. The van der Waals surface area contributed by atoms with Gasteiger partial charge in [0, 0.05) is 17.7 Å². The molecule has 1 atom stereocenters. The van der Waals surface area contributed by atoms with Crippen LogP contribution in [0.25, 0.3) is 22.5 Å². The molecule has 3 aromatic rings. The number of nitrogens with two attached hydrogens (primary N) is 3. The van der Waals surface area contributed by atoms with Crippen LogP contribution < -0.4 is 27.6 Å². The summed E-state index contributed by atoms with van der Waals surface area (Å²) in [7, 11) is -4.05. The molecule has 0 bridgehead atoms. The van der Waals surface area contributed by atoms with Crippen LogP contribution in [-0.2, 0) is 10.0 Å². The highest BCUT2D eigenvalue weighted by atomic mass is 32.2. The number of hydrogen-bond donors (Lipinski definition) is 5. The number of rotatable bonds is 6. The van der Waals surface area contributed by atoms with E-state index in [2.05, 4.69) is 26.1 Å². The summed E-state index contributed by atoms with van der Waals surface area (Å²) >= 11 is 0. The molecule has 2 heterocycles. The summed E-state index contributed by atoms with van der Waals surface area (Å²) in [5, 5.41) is 16.4. The van der Waals surface area contributed by atoms with Crippen molar-refractivity contribution < 1.29 is 12.9 Å². The topological polar surface area (TPSA) is 188 Å². The van der Waals surface area contributed by atoms with Crippen LogP contribution >= 0.6 is 0 Å². The van der Waals surface area contributed by atoms with Gasteiger partial charge in [-0.15, -0.1) is 5.10 Å². The second-order valence-electron chi connectivity index (χ2n) is 7.07. The summed E-state index contributed by atoms with van der Waals surface area (Å²) in [4.78, 5) is 4.35. The lowest BCUT2D eigenvalue weighted by Crippen LogP contribution is -2.26. The van der Waals surface area contributed by atoms with Crippen LogP contribution in [0.15, 0.2) is 57.0 Å². The first-order valence-corrected chi connectivity index (χ1v) is 11.0. The molecule has 12 heteroatoms. The lowest BCUT2D eigenvalue weighted by Gasteiger charge is -2.13. The van der Waals surface area contributed by atoms with Crippen molar-refractivity contribution in [3.8, 4) is 22.5 Å². The maximum absolute atomic E-state index is 12.1. The van der Waals surface area contributed by atoms with E-state index in [0.29, 0.717) is 22.8 Å². The van der Waals surface area contributed by atoms with Crippen molar-refractivity contribution in [2.75, 3.05) is 13.1 Å². The van der Waals surface area contributed by atoms with Crippen LogP contribution in [0.5, 0.6) is 0 Å². The molecule has 1 unspecified atom stereocenters. The zero-order valence-electron chi connectivity index (χ0n) is 16.4. The highest BCUT2D eigenvalue weighted by Crippen LogP contribution is 2.30. The first-order valence-electron chi connectivity index (χ1n) is 9.48. The molecule has 162 valence electrons. The zero-order valence-corrected chi connectivity index (χ0v) is 17.3. The van der Waals surface area contributed by atoms with Gasteiger partial charge in [-0.25, -0.2) is 24.9 Å². The summed E-state index contributed by atoms with van der Waals surface area (Å²) in [6.07, 6.45) is 0.963. The molecule has 0 radical (unpaired) electrons. The van der Waals surface area contributed by atoms with E-state index in [1.54, 1.807) is 24.3 Å². The van der Waals surface area contributed by atoms with Gasteiger partial charge in [0.2, 0.25) is 21.7 Å². The van der Waals surface area contributed by atoms with Crippen molar-refractivity contribution in [3.05, 3.63) is 53.9 Å². The van der Waals surface area contributed by atoms with Gasteiger partial charge in [-0.3, -0.25) is 0 Å². The number of amidine groups is 1. The summed E-state index contributed by atoms with van der Waals surface area (Å²) in [5.41, 5.74) is 10.2. The molecule has 1 fully saturated rings. The number of aromatic nitrogens is 2. The number of nitrogens with zero attached hydrogens (tertiary/aromatic N) is 3. The van der Waals surface area contributed by atoms with Crippen LogP contribution in [0.2, 0.25) is 0 Å². The largest absolute Gasteiger partial charge is 0.382 e. The quantitative estimate of drug-likeness (QED) is 0.154. The predicted octanol–water partition coefficient (Wildman–Crippen LogP) is 0.212. The van der Waals surface area contributed by atoms with Gasteiger partial charge in [0.25, 0.3) is 0 Å². The standard InChI is InChI=1S/C19H22N8O3S/c20-17(25-27-21)16-14(2-1-3-15(16)31(22,28)29)11-4-6-12(7-5-11)18-24-19(30-26-18)13-8-9-23-10-13/h1-7,13,23,27H,8-10,21H2,(H2,20,25)(H2,22,28,29). The van der Waals surface area contributed by atoms with Gasteiger partial charge in [-0.1, -0.05) is 41.6 Å². The Morgan fingerprint density at radius 3 is 2.58 bits per heavy atom. The lowest BCUT2D eigenvalue weighted by molar-refractivity contribution is 0.359. The third-order valence-electron chi connectivity index (χ3n) is 5.08. The van der Waals surface area contributed by atoms with E-state index < -0.39 is 10.0 Å². The molecule has 1 aliphatic rings. The van der Waals surface area contributed by atoms with E-state index >= 15 is 0 Å². The Morgan fingerprint density at radius 1 is 1.19 bits per heavy atom. The highest BCUT2D eigenvalue weighted by molar-refractivity contribution is 7.89. The lowest BCUT2D eigenvalue weighted by atomic mass is 9.98. The third-order valence-corrected chi connectivity index (χ3v) is 6.03. The second kappa shape index (κ2) is 8.43. The number of benzene rings is 2. The number of nitrogens with one attached hydrogen (secondary N) is 2. The summed E-state index contributed by atoms with van der Waals surface area (Å²) in [6, 6.07) is 11.9. The Labute approximate surface area is 178 Å². The monoisotopic (exact) mass is 442 g/mol. The minimum Gasteiger partial charge on any atom is -0.382 e. The first kappa shape index (κ1) is 20.9. The maximum atomic E-state index is 12.1. The normalized spacial score (nSPS) is 17.1. The minimum absolute atomic E-state index is 0.112. The van der Waals surface area contributed by atoms with Crippen LogP contribution in [0.3, 0.4) is 0 Å². The summed E-state index contributed by atoms with van der Waals surface area (Å²) in [5.74, 6) is 6.44. The highest BCUT2D eigenvalue weighted by Gasteiger charge is 2.24. The Balaban J connectivity index is 1.72. The van der Waals surface area contributed by atoms with Gasteiger partial charge < -0.3 is 15.6 Å². The van der Waals surface area contributed by atoms with Crippen molar-refractivity contribution in [1.29, 1.82) is 0 Å². The number of hydrazine groups is 1. The number of sulfonamides is 1. The van der Waals surface area contributed by atoms with Gasteiger partial charge >= 0.3 is 0 Å². The molecule has 1 saturated heterocycles. The maximum Gasteiger partial charge on any atom is 0.238 e. The SMILES string of the molecule is NN/N=C(\N)c1c(-c2ccc(-c3noc(C4CCNC4)n3)cc2)cccc1S(N)(=O)=O. The summed E-state index contributed by atoms with van der Waals surface area (Å²) in [6.45, 7) is 1.76. The van der Waals surface area contributed by atoms with E-state index in [0.717, 1.165) is 25.1 Å². The number of hydrogen-bond acceptors (Lipinski definition) is 9. The average Bonchev–Trinajstić information content (AvgIpc) is 3.45. The van der Waals surface area contributed by atoms with Gasteiger partial charge in [-0.05, 0) is 30.2 Å². The first-order chi connectivity index (χ1) is 14.9. The van der Waals surface area contributed by atoms with Crippen LogP contribution in [0.4, 0.5) is 0 Å². The molecule has 2 aromatic carbocycles. The number of hydrazone groups is 1. The van der Waals surface area contributed by atoms with Gasteiger partial charge in [0.1, 0.15) is 0 Å². The average molecular weight is 443 g/mol. The molecule has 1 aromatic heterocycles. The van der Waals surface area contributed by atoms with E-state index in [1.807, 2.05) is 12.1 Å². The van der Waals surface area contributed by atoms with E-state index in [-0.39, 0.29) is 22.2 Å². The Kier molecular flexibility index (Phi) is 5.69. The van der Waals surface area contributed by atoms with Gasteiger partial charge in [0.05, 0.1) is 10.8 Å². The predicted molar refractivity (Wildman–Crippen MR) is 115 cm³/mol. The fourth-order valence-electron chi connectivity index (χ4n) is 3.58. The molecular weight excluding hydrogens is 420 g/mol. The van der Waals surface area contributed by atoms with Crippen molar-refractivity contribution in [1.82, 2.24) is 21.0 Å². The van der Waals surface area contributed by atoms with E-state index in [4.69, 9.17) is 21.2 Å². The van der Waals surface area contributed by atoms with Crippen LogP contribution in [0, 0.1) is 0 Å². The van der Waals surface area contributed by atoms with Crippen molar-refractivity contribution >= 4 is 15.9 Å². The molecule has 0 spiro atoms. The van der Waals surface area contributed by atoms with Crippen LogP contribution in [0.1, 0.15) is 23.8 Å². The molecule has 0 saturated carbocycles. The van der Waals surface area contributed by atoms with Crippen molar-refractivity contribution in [3.63, 3.8) is 0 Å². The molecule has 8 N–H and O–H groups in total. The Morgan fingerprint density at radius 2 is 1.94 bits per heavy atom. The Hall–Kier alpha value is -3.32.